The van der Waals surface area contributed by atoms with Gasteiger partial charge < -0.3 is 9.80 Å². The Balaban J connectivity index is 0.00000256. The van der Waals surface area contributed by atoms with E-state index in [1.807, 2.05) is 6.07 Å². The van der Waals surface area contributed by atoms with E-state index >= 15 is 0 Å². The molecular weight excluding hydrogens is 430 g/mol. The van der Waals surface area contributed by atoms with Gasteiger partial charge in [-0.15, -0.1) is 12.4 Å². The molecule has 0 bridgehead atoms. The highest BCUT2D eigenvalue weighted by molar-refractivity contribution is 7.91. The number of nitrogens with zero attached hydrogens (tertiary/aromatic N) is 2. The number of likely N-dealkylation sites (tertiary alicyclic amines) is 1. The number of halogens is 3. The standard InChI is InChI=1S/C22H26F2N2O2S.ClH/c1-2-10-25-11-8-18(9-12-25)26-13-7-16-14-19(4-6-21(16)26)29(27,28)22-15-17(23)3-5-20(22)24;/h3-6,14-15,18H,2,7-13H2,1H3;1H. The minimum absolute atomic E-state index is 0. The maximum atomic E-state index is 14.1. The fourth-order valence-corrected chi connectivity index (χ4v) is 5.92. The van der Waals surface area contributed by atoms with Crippen molar-refractivity contribution in [2.24, 2.45) is 0 Å². The van der Waals surface area contributed by atoms with Crippen LogP contribution >= 0.6 is 12.4 Å². The highest BCUT2D eigenvalue weighted by Crippen LogP contribution is 2.35. The van der Waals surface area contributed by atoms with Crippen LogP contribution in [0.5, 0.6) is 0 Å². The molecule has 1 saturated heterocycles. The second-order valence-electron chi connectivity index (χ2n) is 7.88. The first kappa shape index (κ1) is 23.0. The number of fused-ring (bicyclic) bond motifs is 1. The molecule has 0 radical (unpaired) electrons. The average Bonchev–Trinajstić information content (AvgIpc) is 3.14. The molecule has 2 aliphatic rings. The third kappa shape index (κ3) is 4.34. The van der Waals surface area contributed by atoms with E-state index in [1.165, 1.54) is 12.5 Å². The van der Waals surface area contributed by atoms with Crippen molar-refractivity contribution in [1.29, 1.82) is 0 Å². The van der Waals surface area contributed by atoms with Crippen molar-refractivity contribution in [2.75, 3.05) is 31.1 Å². The molecule has 0 saturated carbocycles. The smallest absolute Gasteiger partial charge is 0.209 e. The molecule has 164 valence electrons. The first-order valence-corrected chi connectivity index (χ1v) is 11.7. The first-order chi connectivity index (χ1) is 13.9. The van der Waals surface area contributed by atoms with E-state index in [0.29, 0.717) is 6.04 Å². The van der Waals surface area contributed by atoms with Crippen LogP contribution in [0.1, 0.15) is 31.7 Å². The Kier molecular flexibility index (Phi) is 7.05. The Morgan fingerprint density at radius 2 is 1.77 bits per heavy atom. The van der Waals surface area contributed by atoms with Gasteiger partial charge in [0.05, 0.1) is 4.90 Å². The van der Waals surface area contributed by atoms with Gasteiger partial charge in [-0.2, -0.15) is 0 Å². The molecule has 2 aromatic carbocycles. The zero-order valence-corrected chi connectivity index (χ0v) is 18.6. The number of piperidine rings is 1. The van der Waals surface area contributed by atoms with Gasteiger partial charge in [0.1, 0.15) is 16.5 Å². The molecule has 0 aromatic heterocycles. The zero-order chi connectivity index (χ0) is 20.6. The maximum absolute atomic E-state index is 14.1. The van der Waals surface area contributed by atoms with Gasteiger partial charge in [-0.1, -0.05) is 6.92 Å². The van der Waals surface area contributed by atoms with Gasteiger partial charge in [-0.3, -0.25) is 0 Å². The van der Waals surface area contributed by atoms with Crippen molar-refractivity contribution >= 4 is 27.9 Å². The summed E-state index contributed by atoms with van der Waals surface area (Å²) in [5.74, 6) is -1.71. The molecule has 0 aliphatic carbocycles. The molecule has 1 fully saturated rings. The summed E-state index contributed by atoms with van der Waals surface area (Å²) in [5, 5.41) is 0. The topological polar surface area (TPSA) is 40.6 Å². The SMILES string of the molecule is CCCN1CCC(N2CCc3cc(S(=O)(=O)c4cc(F)ccc4F)ccc32)CC1.Cl. The van der Waals surface area contributed by atoms with Gasteiger partial charge in [0.15, 0.2) is 0 Å². The van der Waals surface area contributed by atoms with Crippen LogP contribution < -0.4 is 4.90 Å². The molecule has 8 heteroatoms. The predicted molar refractivity (Wildman–Crippen MR) is 116 cm³/mol. The summed E-state index contributed by atoms with van der Waals surface area (Å²) in [6.07, 6.45) is 4.14. The zero-order valence-electron chi connectivity index (χ0n) is 17.0. The summed E-state index contributed by atoms with van der Waals surface area (Å²) in [6.45, 7) is 6.39. The van der Waals surface area contributed by atoms with Gasteiger partial charge in [0.25, 0.3) is 0 Å². The number of hydrogen-bond acceptors (Lipinski definition) is 4. The average molecular weight is 457 g/mol. The molecule has 2 aromatic rings. The Labute approximate surface area is 183 Å². The minimum atomic E-state index is -4.11. The second-order valence-corrected chi connectivity index (χ2v) is 9.80. The van der Waals surface area contributed by atoms with Gasteiger partial charge in [0.2, 0.25) is 9.84 Å². The molecule has 4 nitrogen and oxygen atoms in total. The van der Waals surface area contributed by atoms with E-state index in [2.05, 4.69) is 16.7 Å². The van der Waals surface area contributed by atoms with Gasteiger partial charge in [0, 0.05) is 31.4 Å². The molecule has 0 spiro atoms. The molecule has 0 unspecified atom stereocenters. The Morgan fingerprint density at radius 1 is 1.03 bits per heavy atom. The van der Waals surface area contributed by atoms with Crippen molar-refractivity contribution in [3.63, 3.8) is 0 Å². The van der Waals surface area contributed by atoms with Crippen LogP contribution in [0, 0.1) is 11.6 Å². The van der Waals surface area contributed by atoms with E-state index in [-0.39, 0.29) is 17.3 Å². The predicted octanol–water partition coefficient (Wildman–Crippen LogP) is 4.46. The van der Waals surface area contributed by atoms with Crippen LogP contribution in [0.2, 0.25) is 0 Å². The molecule has 30 heavy (non-hydrogen) atoms. The number of rotatable bonds is 5. The summed E-state index contributed by atoms with van der Waals surface area (Å²) in [6, 6.07) is 7.94. The number of benzene rings is 2. The molecule has 0 amide bonds. The van der Waals surface area contributed by atoms with Crippen LogP contribution in [-0.4, -0.2) is 45.5 Å². The van der Waals surface area contributed by atoms with E-state index in [0.717, 1.165) is 74.9 Å². The lowest BCUT2D eigenvalue weighted by Crippen LogP contribution is -2.44. The summed E-state index contributed by atoms with van der Waals surface area (Å²) >= 11 is 0. The van der Waals surface area contributed by atoms with Crippen LogP contribution in [0.4, 0.5) is 14.5 Å². The highest BCUT2D eigenvalue weighted by Gasteiger charge is 2.31. The fourth-order valence-electron chi connectivity index (χ4n) is 4.53. The molecule has 0 atom stereocenters. The fraction of sp³-hybridized carbons (Fsp3) is 0.455. The van der Waals surface area contributed by atoms with Crippen molar-refractivity contribution in [3.05, 3.63) is 53.6 Å². The van der Waals surface area contributed by atoms with E-state index in [9.17, 15) is 17.2 Å². The summed E-state index contributed by atoms with van der Waals surface area (Å²) in [5.41, 5.74) is 2.02. The number of anilines is 1. The van der Waals surface area contributed by atoms with Crippen LogP contribution in [0.15, 0.2) is 46.2 Å². The first-order valence-electron chi connectivity index (χ1n) is 10.2. The highest BCUT2D eigenvalue weighted by atomic mass is 35.5. The van der Waals surface area contributed by atoms with Gasteiger partial charge >= 0.3 is 0 Å². The number of sulfone groups is 1. The van der Waals surface area contributed by atoms with Crippen LogP contribution in [0.3, 0.4) is 0 Å². The summed E-state index contributed by atoms with van der Waals surface area (Å²) in [4.78, 5) is 4.28. The Hall–Kier alpha value is -1.70. The van der Waals surface area contributed by atoms with Gasteiger partial charge in [-0.05, 0) is 74.2 Å². The lowest BCUT2D eigenvalue weighted by atomic mass is 10.0. The molecule has 2 heterocycles. The van der Waals surface area contributed by atoms with E-state index < -0.39 is 26.4 Å². The molecule has 4 rings (SSSR count). The van der Waals surface area contributed by atoms with E-state index in [1.54, 1.807) is 6.07 Å². The van der Waals surface area contributed by atoms with Gasteiger partial charge in [-0.25, -0.2) is 17.2 Å². The monoisotopic (exact) mass is 456 g/mol. The molecule has 0 N–H and O–H groups in total. The molecule has 2 aliphatic heterocycles. The molecular formula is C22H27ClF2N2O2S. The largest absolute Gasteiger partial charge is 0.368 e. The summed E-state index contributed by atoms with van der Waals surface area (Å²) in [7, 11) is -4.11. The third-order valence-corrected chi connectivity index (χ3v) is 7.78. The quantitative estimate of drug-likeness (QED) is 0.666. The van der Waals surface area contributed by atoms with Crippen LogP contribution in [-0.2, 0) is 16.3 Å². The lowest BCUT2D eigenvalue weighted by Gasteiger charge is -2.38. The van der Waals surface area contributed by atoms with Crippen molar-refractivity contribution in [2.45, 2.75) is 48.4 Å². The van der Waals surface area contributed by atoms with Crippen molar-refractivity contribution < 1.29 is 17.2 Å². The third-order valence-electron chi connectivity index (χ3n) is 6.01. The summed E-state index contributed by atoms with van der Waals surface area (Å²) < 4.78 is 53.3. The van der Waals surface area contributed by atoms with Crippen molar-refractivity contribution in [1.82, 2.24) is 4.90 Å². The normalized spacial score (nSPS) is 17.6. The van der Waals surface area contributed by atoms with Crippen LogP contribution in [0.25, 0.3) is 0 Å². The minimum Gasteiger partial charge on any atom is -0.368 e. The lowest BCUT2D eigenvalue weighted by molar-refractivity contribution is 0.210. The van der Waals surface area contributed by atoms with Crippen molar-refractivity contribution in [3.8, 4) is 0 Å². The Morgan fingerprint density at radius 3 is 2.47 bits per heavy atom. The number of hydrogen-bond donors (Lipinski definition) is 0. The second kappa shape index (κ2) is 9.20. The Bertz CT molecular complexity index is 1010. The van der Waals surface area contributed by atoms with E-state index in [4.69, 9.17) is 0 Å². The maximum Gasteiger partial charge on any atom is 0.209 e.